The number of nitrogens with zero attached hydrogens (tertiary/aromatic N) is 3. The fraction of sp³-hybridized carbons (Fsp3) is 0.533. The Bertz CT molecular complexity index is 1230. The molecular weight excluding hydrogens is 448 g/mol. The molecule has 3 aliphatic heterocycles. The van der Waals surface area contributed by atoms with E-state index >= 15 is 0 Å². The molecule has 2 aromatic rings. The summed E-state index contributed by atoms with van der Waals surface area (Å²) in [6.07, 6.45) is 3.25. The van der Waals surface area contributed by atoms with Gasteiger partial charge in [0, 0.05) is 60.6 Å². The number of benzene rings is 2. The molecule has 2 saturated heterocycles. The average Bonchev–Trinajstić information content (AvgIpc) is 3.32. The van der Waals surface area contributed by atoms with E-state index in [-0.39, 0.29) is 23.2 Å². The van der Waals surface area contributed by atoms with Crippen LogP contribution in [-0.2, 0) is 16.6 Å². The summed E-state index contributed by atoms with van der Waals surface area (Å²) in [5, 5.41) is 13.0. The normalized spacial score (nSPS) is 25.5. The van der Waals surface area contributed by atoms with Crippen LogP contribution in [0.2, 0.25) is 0 Å². The number of fused-ring (bicyclic) bond motifs is 4. The van der Waals surface area contributed by atoms with Gasteiger partial charge in [0.25, 0.3) is 0 Å². The van der Waals surface area contributed by atoms with E-state index in [1.807, 2.05) is 18.2 Å². The highest BCUT2D eigenvalue weighted by Crippen LogP contribution is 2.52. The van der Waals surface area contributed by atoms with Crippen LogP contribution in [0.5, 0.6) is 0 Å². The monoisotopic (exact) mass is 484 g/mol. The van der Waals surface area contributed by atoms with Gasteiger partial charge in [0.05, 0.1) is 30.8 Å². The van der Waals surface area contributed by atoms with Crippen LogP contribution in [0.1, 0.15) is 72.1 Å². The molecule has 0 saturated carbocycles. The second-order valence-electron chi connectivity index (χ2n) is 11.3. The van der Waals surface area contributed by atoms with E-state index in [1.165, 1.54) is 24.1 Å². The lowest BCUT2D eigenvalue weighted by atomic mass is 9.63. The summed E-state index contributed by atoms with van der Waals surface area (Å²) in [7, 11) is 0. The van der Waals surface area contributed by atoms with Crippen molar-refractivity contribution in [1.82, 2.24) is 4.90 Å². The highest BCUT2D eigenvalue weighted by Gasteiger charge is 2.51. The highest BCUT2D eigenvalue weighted by atomic mass is 16.5. The maximum absolute atomic E-state index is 13.9. The maximum atomic E-state index is 13.9. The largest absolute Gasteiger partial charge is 0.380 e. The number of carbonyl (C=O) groups excluding carboxylic acids is 1. The maximum Gasteiger partial charge on any atom is 0.172 e. The Labute approximate surface area is 214 Å². The van der Waals surface area contributed by atoms with Gasteiger partial charge >= 0.3 is 0 Å². The fourth-order valence-corrected chi connectivity index (χ4v) is 7.04. The van der Waals surface area contributed by atoms with Gasteiger partial charge < -0.3 is 15.0 Å². The molecule has 1 N–H and O–H groups in total. The number of carbonyl (C=O) groups is 1. The predicted octanol–water partition coefficient (Wildman–Crippen LogP) is 4.47. The zero-order valence-corrected chi connectivity index (χ0v) is 21.6. The van der Waals surface area contributed by atoms with Gasteiger partial charge in [-0.1, -0.05) is 26.8 Å². The number of morpholine rings is 1. The van der Waals surface area contributed by atoms with Gasteiger partial charge in [-0.15, -0.1) is 0 Å². The minimum absolute atomic E-state index is 0.0196. The summed E-state index contributed by atoms with van der Waals surface area (Å²) in [6, 6.07) is 13.1. The van der Waals surface area contributed by atoms with E-state index in [2.05, 4.69) is 54.1 Å². The number of rotatable bonds is 3. The number of anilines is 2. The molecule has 0 bridgehead atoms. The molecule has 4 aliphatic rings. The Morgan fingerprint density at radius 2 is 1.86 bits per heavy atom. The van der Waals surface area contributed by atoms with E-state index < -0.39 is 0 Å². The highest BCUT2D eigenvalue weighted by molar-refractivity contribution is 6.07. The third kappa shape index (κ3) is 3.64. The van der Waals surface area contributed by atoms with Crippen molar-refractivity contribution in [2.24, 2.45) is 0 Å². The Morgan fingerprint density at radius 1 is 1.11 bits per heavy atom. The summed E-state index contributed by atoms with van der Waals surface area (Å²) in [4.78, 5) is 19.1. The van der Waals surface area contributed by atoms with Gasteiger partial charge in [0.1, 0.15) is 0 Å². The molecule has 0 aromatic heterocycles. The van der Waals surface area contributed by atoms with Crippen LogP contribution in [0.25, 0.3) is 0 Å². The summed E-state index contributed by atoms with van der Waals surface area (Å²) < 4.78 is 5.56. The van der Waals surface area contributed by atoms with Crippen molar-refractivity contribution >= 4 is 17.2 Å². The first kappa shape index (κ1) is 23.5. The molecule has 0 radical (unpaired) electrons. The lowest BCUT2D eigenvalue weighted by Crippen LogP contribution is -2.50. The first-order valence-corrected chi connectivity index (χ1v) is 13.5. The van der Waals surface area contributed by atoms with E-state index in [0.717, 1.165) is 68.2 Å². The molecule has 3 heterocycles. The number of ketones is 1. The Balaban J connectivity index is 1.32. The Kier molecular flexibility index (Phi) is 5.81. The predicted molar refractivity (Wildman–Crippen MR) is 142 cm³/mol. The van der Waals surface area contributed by atoms with Crippen LogP contribution in [0, 0.1) is 11.3 Å². The number of nitriles is 1. The topological polar surface area (TPSA) is 68.6 Å². The van der Waals surface area contributed by atoms with Crippen LogP contribution in [0.4, 0.5) is 11.4 Å². The first-order valence-electron chi connectivity index (χ1n) is 13.5. The molecule has 0 spiro atoms. The minimum atomic E-state index is -0.229. The smallest absolute Gasteiger partial charge is 0.172 e. The molecule has 0 unspecified atom stereocenters. The molecule has 0 amide bonds. The average molecular weight is 485 g/mol. The third-order valence-corrected chi connectivity index (χ3v) is 9.15. The van der Waals surface area contributed by atoms with Crippen LogP contribution in [0.3, 0.4) is 0 Å². The molecule has 2 aromatic carbocycles. The molecule has 188 valence electrons. The Hall–Kier alpha value is -2.88. The molecule has 6 heteroatoms. The summed E-state index contributed by atoms with van der Waals surface area (Å²) in [5.41, 5.74) is 6.95. The number of hydrogen-bond acceptors (Lipinski definition) is 6. The number of nitrogens with one attached hydrogen (secondary N) is 1. The van der Waals surface area contributed by atoms with E-state index in [9.17, 15) is 10.1 Å². The van der Waals surface area contributed by atoms with Crippen molar-refractivity contribution in [3.8, 4) is 6.07 Å². The third-order valence-electron chi connectivity index (χ3n) is 9.15. The zero-order valence-electron chi connectivity index (χ0n) is 21.6. The summed E-state index contributed by atoms with van der Waals surface area (Å²) in [6.45, 7) is 12.6. The van der Waals surface area contributed by atoms with Gasteiger partial charge in [-0.3, -0.25) is 9.69 Å². The SMILES string of the molecule is CCc1cc2c(cc1N1CCC(N3CCOCC3)CC1)C(C)(C)[C@@H]1Nc3cc(C#N)ccc3[C@@H]1C2=O. The molecule has 6 rings (SSSR count). The number of ether oxygens (including phenoxy) is 1. The molecule has 2 atom stereocenters. The number of aryl methyl sites for hydroxylation is 1. The van der Waals surface area contributed by atoms with Crippen LogP contribution in [0.15, 0.2) is 30.3 Å². The van der Waals surface area contributed by atoms with Gasteiger partial charge in [-0.05, 0) is 60.2 Å². The number of piperidine rings is 1. The molecule has 2 fully saturated rings. The van der Waals surface area contributed by atoms with Crippen LogP contribution >= 0.6 is 0 Å². The first-order chi connectivity index (χ1) is 17.4. The van der Waals surface area contributed by atoms with Crippen LogP contribution < -0.4 is 10.2 Å². The minimum Gasteiger partial charge on any atom is -0.380 e. The quantitative estimate of drug-likeness (QED) is 0.693. The van der Waals surface area contributed by atoms with Crippen molar-refractivity contribution < 1.29 is 9.53 Å². The summed E-state index contributed by atoms with van der Waals surface area (Å²) >= 11 is 0. The zero-order chi connectivity index (χ0) is 25.0. The fourth-order valence-electron chi connectivity index (χ4n) is 7.04. The lowest BCUT2D eigenvalue weighted by molar-refractivity contribution is 0.0115. The standard InChI is InChI=1S/C30H36N4O2/c1-4-20-16-23-24(17-26(20)34-9-7-21(8-10-34)33-11-13-36-14-12-33)30(2,3)29-27(28(23)35)22-6-5-19(18-31)15-25(22)32-29/h5-6,15-17,21,27,29,32H,4,7-14H2,1-3H3/t27-,29-/m1/s1. The molecule has 36 heavy (non-hydrogen) atoms. The van der Waals surface area contributed by atoms with Gasteiger partial charge in [0.2, 0.25) is 0 Å². The number of Topliss-reactive ketones (excluding diaryl/α,β-unsaturated/α-hetero) is 1. The van der Waals surface area contributed by atoms with E-state index in [4.69, 9.17) is 4.74 Å². The van der Waals surface area contributed by atoms with Crippen molar-refractivity contribution in [2.75, 3.05) is 49.6 Å². The van der Waals surface area contributed by atoms with E-state index in [0.29, 0.717) is 11.6 Å². The van der Waals surface area contributed by atoms with Gasteiger partial charge in [-0.25, -0.2) is 0 Å². The lowest BCUT2D eigenvalue weighted by Gasteiger charge is -2.44. The van der Waals surface area contributed by atoms with Crippen molar-refractivity contribution in [2.45, 2.75) is 63.5 Å². The van der Waals surface area contributed by atoms with Crippen molar-refractivity contribution in [3.63, 3.8) is 0 Å². The van der Waals surface area contributed by atoms with Gasteiger partial charge in [-0.2, -0.15) is 5.26 Å². The second kappa shape index (κ2) is 8.90. The molecule has 6 nitrogen and oxygen atoms in total. The molecular formula is C30H36N4O2. The second-order valence-corrected chi connectivity index (χ2v) is 11.3. The van der Waals surface area contributed by atoms with Crippen LogP contribution in [-0.4, -0.2) is 62.2 Å². The summed E-state index contributed by atoms with van der Waals surface area (Å²) in [5.74, 6) is -0.00683. The van der Waals surface area contributed by atoms with Crippen molar-refractivity contribution in [3.05, 3.63) is 58.1 Å². The Morgan fingerprint density at radius 3 is 2.56 bits per heavy atom. The van der Waals surface area contributed by atoms with Gasteiger partial charge in [0.15, 0.2) is 5.78 Å². The van der Waals surface area contributed by atoms with E-state index in [1.54, 1.807) is 0 Å². The molecule has 1 aliphatic carbocycles. The van der Waals surface area contributed by atoms with Crippen molar-refractivity contribution in [1.29, 1.82) is 5.26 Å². The number of hydrogen-bond donors (Lipinski definition) is 1.